The Kier molecular flexibility index (Phi) is 4.41. The smallest absolute Gasteiger partial charge is 0.295 e. The van der Waals surface area contributed by atoms with Gasteiger partial charge in [0.05, 0.1) is 12.2 Å². The first-order valence-corrected chi connectivity index (χ1v) is 7.74. The maximum Gasteiger partial charge on any atom is 0.295 e. The van der Waals surface area contributed by atoms with Gasteiger partial charge >= 0.3 is 0 Å². The van der Waals surface area contributed by atoms with Crippen LogP contribution in [0.25, 0.3) is 0 Å². The quantitative estimate of drug-likeness (QED) is 0.850. The molecular weight excluding hydrogens is 278 g/mol. The van der Waals surface area contributed by atoms with Gasteiger partial charge in [0.1, 0.15) is 5.76 Å². The second kappa shape index (κ2) is 6.06. The first-order chi connectivity index (χ1) is 9.53. The summed E-state index contributed by atoms with van der Waals surface area (Å²) >= 11 is 0. The zero-order valence-electron chi connectivity index (χ0n) is 11.4. The number of aryl methyl sites for hydroxylation is 1. The maximum absolute atomic E-state index is 12.2. The molecule has 0 saturated carbocycles. The number of aromatic nitrogens is 1. The molecule has 0 bridgehead atoms. The van der Waals surface area contributed by atoms with Gasteiger partial charge in [0.25, 0.3) is 10.0 Å². The molecule has 0 saturated heterocycles. The number of hydrogen-bond acceptors (Lipinski definition) is 5. The van der Waals surface area contributed by atoms with E-state index in [2.05, 4.69) is 15.0 Å². The van der Waals surface area contributed by atoms with Gasteiger partial charge in [-0.25, -0.2) is 0 Å². The van der Waals surface area contributed by atoms with E-state index in [-0.39, 0.29) is 5.09 Å². The molecule has 0 aromatic carbocycles. The zero-order valence-corrected chi connectivity index (χ0v) is 12.2. The number of furan rings is 1. The van der Waals surface area contributed by atoms with Gasteiger partial charge < -0.3 is 9.73 Å². The number of nitrogens with zero attached hydrogens (tertiary/aromatic N) is 1. The second-order valence-corrected chi connectivity index (χ2v) is 5.91. The molecule has 2 rings (SSSR count). The summed E-state index contributed by atoms with van der Waals surface area (Å²) in [4.78, 5) is 3.92. The summed E-state index contributed by atoms with van der Waals surface area (Å²) < 4.78 is 32.2. The van der Waals surface area contributed by atoms with Gasteiger partial charge in [0.15, 0.2) is 0 Å². The monoisotopic (exact) mass is 295 g/mol. The van der Waals surface area contributed by atoms with Gasteiger partial charge in [-0.05, 0) is 37.2 Å². The zero-order chi connectivity index (χ0) is 14.6. The van der Waals surface area contributed by atoms with Crippen molar-refractivity contribution in [1.82, 2.24) is 10.3 Å². The maximum atomic E-state index is 12.2. The fourth-order valence-corrected chi connectivity index (χ4v) is 2.71. The van der Waals surface area contributed by atoms with Gasteiger partial charge in [-0.15, -0.1) is 0 Å². The molecule has 0 unspecified atom stereocenters. The normalized spacial score (nSPS) is 11.5. The Morgan fingerprint density at radius 1 is 1.30 bits per heavy atom. The molecule has 2 aromatic rings. The number of anilines is 1. The van der Waals surface area contributed by atoms with E-state index in [4.69, 9.17) is 4.42 Å². The highest BCUT2D eigenvalue weighted by atomic mass is 32.2. The SMILES string of the molecule is CCNCc1ccc(S(=O)(=O)Nc2ccncc2C)o1. The van der Waals surface area contributed by atoms with Crippen LogP contribution in [0, 0.1) is 6.92 Å². The van der Waals surface area contributed by atoms with Gasteiger partial charge in [0, 0.05) is 12.4 Å². The lowest BCUT2D eigenvalue weighted by Crippen LogP contribution is -2.13. The Hall–Kier alpha value is -1.86. The molecule has 108 valence electrons. The molecule has 0 atom stereocenters. The van der Waals surface area contributed by atoms with Crippen molar-refractivity contribution in [3.05, 3.63) is 41.9 Å². The topological polar surface area (TPSA) is 84.2 Å². The minimum Gasteiger partial charge on any atom is -0.446 e. The van der Waals surface area contributed by atoms with Crippen molar-refractivity contribution in [3.8, 4) is 0 Å². The summed E-state index contributed by atoms with van der Waals surface area (Å²) in [6.45, 7) is 5.04. The van der Waals surface area contributed by atoms with Crippen LogP contribution in [-0.2, 0) is 16.6 Å². The van der Waals surface area contributed by atoms with Gasteiger partial charge in [-0.3, -0.25) is 9.71 Å². The molecule has 6 nitrogen and oxygen atoms in total. The lowest BCUT2D eigenvalue weighted by Gasteiger charge is -2.07. The highest BCUT2D eigenvalue weighted by Crippen LogP contribution is 2.20. The van der Waals surface area contributed by atoms with E-state index in [0.29, 0.717) is 18.0 Å². The average Bonchev–Trinajstić information content (AvgIpc) is 2.88. The van der Waals surface area contributed by atoms with Crippen LogP contribution in [-0.4, -0.2) is 19.9 Å². The molecule has 0 spiro atoms. The molecule has 2 heterocycles. The van der Waals surface area contributed by atoms with Crippen LogP contribution in [0.15, 0.2) is 40.1 Å². The van der Waals surface area contributed by atoms with Gasteiger partial charge in [-0.1, -0.05) is 6.92 Å². The average molecular weight is 295 g/mol. The van der Waals surface area contributed by atoms with E-state index < -0.39 is 10.0 Å². The van der Waals surface area contributed by atoms with Crippen LogP contribution >= 0.6 is 0 Å². The standard InChI is InChI=1S/C13H17N3O3S/c1-3-14-9-11-4-5-13(19-11)20(17,18)16-12-6-7-15-8-10(12)2/h4-8,14H,3,9H2,1-2H3,(H,15,16). The number of hydrogen-bond donors (Lipinski definition) is 2. The van der Waals surface area contributed by atoms with Crippen LogP contribution in [0.1, 0.15) is 18.2 Å². The lowest BCUT2D eigenvalue weighted by atomic mass is 10.3. The van der Waals surface area contributed by atoms with E-state index in [9.17, 15) is 8.42 Å². The number of nitrogens with one attached hydrogen (secondary N) is 2. The summed E-state index contributed by atoms with van der Waals surface area (Å²) in [5.41, 5.74) is 1.24. The molecular formula is C13H17N3O3S. The van der Waals surface area contributed by atoms with E-state index >= 15 is 0 Å². The second-order valence-electron chi connectivity index (χ2n) is 4.30. The fraction of sp³-hybridized carbons (Fsp3) is 0.308. The lowest BCUT2D eigenvalue weighted by molar-refractivity contribution is 0.405. The van der Waals surface area contributed by atoms with E-state index in [1.165, 1.54) is 12.3 Å². The van der Waals surface area contributed by atoms with Crippen molar-refractivity contribution >= 4 is 15.7 Å². The third-order valence-electron chi connectivity index (χ3n) is 2.72. The van der Waals surface area contributed by atoms with Crippen LogP contribution < -0.4 is 10.0 Å². The molecule has 0 aliphatic heterocycles. The first kappa shape index (κ1) is 14.5. The van der Waals surface area contributed by atoms with Gasteiger partial charge in [-0.2, -0.15) is 8.42 Å². The highest BCUT2D eigenvalue weighted by molar-refractivity contribution is 7.92. The molecule has 20 heavy (non-hydrogen) atoms. The fourth-order valence-electron chi connectivity index (χ4n) is 1.63. The number of rotatable bonds is 6. The Labute approximate surface area is 118 Å². The number of pyridine rings is 1. The molecule has 2 aromatic heterocycles. The van der Waals surface area contributed by atoms with Crippen molar-refractivity contribution < 1.29 is 12.8 Å². The summed E-state index contributed by atoms with van der Waals surface area (Å²) in [5, 5.41) is 2.98. The molecule has 0 radical (unpaired) electrons. The Bertz CT molecular complexity index is 680. The molecule has 7 heteroatoms. The molecule has 0 aliphatic rings. The summed E-state index contributed by atoms with van der Waals surface area (Å²) in [7, 11) is -3.71. The van der Waals surface area contributed by atoms with Crippen LogP contribution in [0.2, 0.25) is 0 Å². The van der Waals surface area contributed by atoms with E-state index in [1.54, 1.807) is 25.3 Å². The van der Waals surface area contributed by atoms with Crippen LogP contribution in [0.5, 0.6) is 0 Å². The van der Waals surface area contributed by atoms with Crippen molar-refractivity contribution in [2.45, 2.75) is 25.5 Å². The van der Waals surface area contributed by atoms with E-state index in [0.717, 1.165) is 12.1 Å². The minimum absolute atomic E-state index is 0.0957. The molecule has 0 amide bonds. The Balaban J connectivity index is 2.18. The predicted octanol–water partition coefficient (Wildman–Crippen LogP) is 1.89. The largest absolute Gasteiger partial charge is 0.446 e. The summed E-state index contributed by atoms with van der Waals surface area (Å²) in [6, 6.07) is 4.71. The predicted molar refractivity (Wildman–Crippen MR) is 75.9 cm³/mol. The summed E-state index contributed by atoms with van der Waals surface area (Å²) in [5.74, 6) is 0.582. The molecule has 2 N–H and O–H groups in total. The van der Waals surface area contributed by atoms with Crippen molar-refractivity contribution in [3.63, 3.8) is 0 Å². The molecule has 0 fully saturated rings. The highest BCUT2D eigenvalue weighted by Gasteiger charge is 2.19. The summed E-state index contributed by atoms with van der Waals surface area (Å²) in [6.07, 6.45) is 3.13. The van der Waals surface area contributed by atoms with Gasteiger partial charge in [0.2, 0.25) is 5.09 Å². The van der Waals surface area contributed by atoms with Crippen molar-refractivity contribution in [2.24, 2.45) is 0 Å². The third-order valence-corrected chi connectivity index (χ3v) is 3.95. The van der Waals surface area contributed by atoms with E-state index in [1.807, 2.05) is 6.92 Å². The third kappa shape index (κ3) is 3.37. The molecule has 0 aliphatic carbocycles. The Morgan fingerprint density at radius 2 is 2.10 bits per heavy atom. The minimum atomic E-state index is -3.71. The van der Waals surface area contributed by atoms with Crippen molar-refractivity contribution in [1.29, 1.82) is 0 Å². The van der Waals surface area contributed by atoms with Crippen LogP contribution in [0.4, 0.5) is 5.69 Å². The van der Waals surface area contributed by atoms with Crippen molar-refractivity contribution in [2.75, 3.05) is 11.3 Å². The Morgan fingerprint density at radius 3 is 2.80 bits per heavy atom. The first-order valence-electron chi connectivity index (χ1n) is 6.26. The number of sulfonamides is 1. The van der Waals surface area contributed by atoms with Crippen LogP contribution in [0.3, 0.4) is 0 Å².